The minimum absolute atomic E-state index is 0.251. The molecule has 1 amide bonds. The first-order chi connectivity index (χ1) is 14.4. The molecule has 4 rings (SSSR count). The van der Waals surface area contributed by atoms with Crippen LogP contribution >= 0.6 is 15.9 Å². The van der Waals surface area contributed by atoms with E-state index in [9.17, 15) is 13.2 Å². The van der Waals surface area contributed by atoms with Gasteiger partial charge in [-0.25, -0.2) is 8.42 Å². The van der Waals surface area contributed by atoms with Gasteiger partial charge in [0, 0.05) is 42.8 Å². The summed E-state index contributed by atoms with van der Waals surface area (Å²) in [7, 11) is -3.63. The van der Waals surface area contributed by atoms with Gasteiger partial charge in [0.1, 0.15) is 4.90 Å². The highest BCUT2D eigenvalue weighted by Gasteiger charge is 2.32. The van der Waals surface area contributed by atoms with Crippen LogP contribution in [0, 0.1) is 0 Å². The van der Waals surface area contributed by atoms with Crippen molar-refractivity contribution in [1.29, 1.82) is 0 Å². The third-order valence-corrected chi connectivity index (χ3v) is 8.11. The standard InChI is InChI=1S/C22H26BrN3O3S/c23-19-7-5-6-17(14-19)16-24-22(27)18-8-9-20(25-10-1-2-11-25)21(15-18)30(28,29)26-12-3-4-13-26/h5-9,14-15H,1-4,10-13,16H2,(H,24,27). The largest absolute Gasteiger partial charge is 0.370 e. The Labute approximate surface area is 186 Å². The van der Waals surface area contributed by atoms with Crippen molar-refractivity contribution in [3.63, 3.8) is 0 Å². The molecule has 0 bridgehead atoms. The molecule has 0 radical (unpaired) electrons. The molecular formula is C22H26BrN3O3S. The quantitative estimate of drug-likeness (QED) is 0.667. The van der Waals surface area contributed by atoms with Crippen molar-refractivity contribution in [2.45, 2.75) is 37.1 Å². The van der Waals surface area contributed by atoms with Crippen molar-refractivity contribution in [2.75, 3.05) is 31.1 Å². The highest BCUT2D eigenvalue weighted by atomic mass is 79.9. The summed E-state index contributed by atoms with van der Waals surface area (Å²) in [5.74, 6) is -0.277. The number of sulfonamides is 1. The molecule has 2 aromatic rings. The third-order valence-electron chi connectivity index (χ3n) is 5.69. The lowest BCUT2D eigenvalue weighted by Crippen LogP contribution is -2.31. The minimum Gasteiger partial charge on any atom is -0.370 e. The van der Waals surface area contributed by atoms with Crippen molar-refractivity contribution in [1.82, 2.24) is 9.62 Å². The van der Waals surface area contributed by atoms with Crippen LogP contribution in [-0.4, -0.2) is 44.8 Å². The predicted octanol–water partition coefficient (Wildman–Crippen LogP) is 3.76. The van der Waals surface area contributed by atoms with Crippen molar-refractivity contribution in [3.05, 3.63) is 58.1 Å². The lowest BCUT2D eigenvalue weighted by Gasteiger charge is -2.24. The van der Waals surface area contributed by atoms with Crippen LogP contribution in [-0.2, 0) is 16.6 Å². The number of halogens is 1. The SMILES string of the molecule is O=C(NCc1cccc(Br)c1)c1ccc(N2CCCC2)c(S(=O)(=O)N2CCCC2)c1. The van der Waals surface area contributed by atoms with Crippen molar-refractivity contribution in [2.24, 2.45) is 0 Å². The van der Waals surface area contributed by atoms with E-state index in [1.54, 1.807) is 22.5 Å². The van der Waals surface area contributed by atoms with Gasteiger partial charge in [-0.15, -0.1) is 0 Å². The topological polar surface area (TPSA) is 69.7 Å². The number of carbonyl (C=O) groups is 1. The average molecular weight is 492 g/mol. The maximum atomic E-state index is 13.4. The Morgan fingerprint density at radius 3 is 2.37 bits per heavy atom. The molecule has 1 N–H and O–H groups in total. The maximum absolute atomic E-state index is 13.4. The number of carbonyl (C=O) groups excluding carboxylic acids is 1. The van der Waals surface area contributed by atoms with Crippen LogP contribution in [0.3, 0.4) is 0 Å². The van der Waals surface area contributed by atoms with E-state index < -0.39 is 10.0 Å². The Hall–Kier alpha value is -1.90. The molecule has 0 aliphatic carbocycles. The first-order valence-electron chi connectivity index (χ1n) is 10.4. The highest BCUT2D eigenvalue weighted by Crippen LogP contribution is 2.32. The Bertz CT molecular complexity index is 1030. The second-order valence-electron chi connectivity index (χ2n) is 7.80. The van der Waals surface area contributed by atoms with Gasteiger partial charge in [-0.1, -0.05) is 28.1 Å². The average Bonchev–Trinajstić information content (AvgIpc) is 3.46. The van der Waals surface area contributed by atoms with Crippen LogP contribution in [0.15, 0.2) is 51.8 Å². The van der Waals surface area contributed by atoms with E-state index in [0.29, 0.717) is 30.9 Å². The Kier molecular flexibility index (Phi) is 6.46. The van der Waals surface area contributed by atoms with Gasteiger partial charge in [0.25, 0.3) is 5.91 Å². The molecule has 2 aliphatic heterocycles. The second-order valence-corrected chi connectivity index (χ2v) is 10.6. The number of nitrogens with one attached hydrogen (secondary N) is 1. The monoisotopic (exact) mass is 491 g/mol. The van der Waals surface area contributed by atoms with Gasteiger partial charge in [-0.2, -0.15) is 4.31 Å². The molecule has 2 fully saturated rings. The van der Waals surface area contributed by atoms with Crippen molar-refractivity contribution < 1.29 is 13.2 Å². The summed E-state index contributed by atoms with van der Waals surface area (Å²) in [6, 6.07) is 12.8. The van der Waals surface area contributed by atoms with Gasteiger partial charge in [-0.05, 0) is 61.6 Å². The van der Waals surface area contributed by atoms with Gasteiger partial charge >= 0.3 is 0 Å². The number of nitrogens with zero attached hydrogens (tertiary/aromatic N) is 2. The van der Waals surface area contributed by atoms with Gasteiger partial charge in [0.05, 0.1) is 5.69 Å². The number of hydrogen-bond donors (Lipinski definition) is 1. The predicted molar refractivity (Wildman–Crippen MR) is 121 cm³/mol. The lowest BCUT2D eigenvalue weighted by molar-refractivity contribution is 0.0950. The highest BCUT2D eigenvalue weighted by molar-refractivity contribution is 9.10. The summed E-state index contributed by atoms with van der Waals surface area (Å²) in [5, 5.41) is 2.90. The fourth-order valence-electron chi connectivity index (χ4n) is 4.08. The summed E-state index contributed by atoms with van der Waals surface area (Å²) in [4.78, 5) is 15.2. The molecule has 2 heterocycles. The molecule has 8 heteroatoms. The first kappa shape index (κ1) is 21.3. The van der Waals surface area contributed by atoms with E-state index in [0.717, 1.165) is 48.8 Å². The zero-order valence-corrected chi connectivity index (χ0v) is 19.2. The van der Waals surface area contributed by atoms with Crippen molar-refractivity contribution in [3.8, 4) is 0 Å². The van der Waals surface area contributed by atoms with Crippen LogP contribution in [0.25, 0.3) is 0 Å². The molecule has 0 atom stereocenters. The van der Waals surface area contributed by atoms with Gasteiger partial charge in [0.15, 0.2) is 0 Å². The molecule has 2 saturated heterocycles. The fourth-order valence-corrected chi connectivity index (χ4v) is 6.28. The van der Waals surface area contributed by atoms with Gasteiger partial charge in [0.2, 0.25) is 10.0 Å². The van der Waals surface area contributed by atoms with Gasteiger partial charge < -0.3 is 10.2 Å². The summed E-state index contributed by atoms with van der Waals surface area (Å²) >= 11 is 3.43. The molecule has 0 unspecified atom stereocenters. The Morgan fingerprint density at radius 2 is 1.67 bits per heavy atom. The minimum atomic E-state index is -3.63. The molecule has 2 aliphatic rings. The zero-order chi connectivity index (χ0) is 21.1. The van der Waals surface area contributed by atoms with Crippen LogP contribution < -0.4 is 10.2 Å². The summed E-state index contributed by atoms with van der Waals surface area (Å²) in [6.07, 6.45) is 3.87. The Morgan fingerprint density at radius 1 is 0.967 bits per heavy atom. The third kappa shape index (κ3) is 4.55. The van der Waals surface area contributed by atoms with E-state index in [1.165, 1.54) is 0 Å². The summed E-state index contributed by atoms with van der Waals surface area (Å²) in [5.41, 5.74) is 2.05. The van der Waals surface area contributed by atoms with Gasteiger partial charge in [-0.3, -0.25) is 4.79 Å². The fraction of sp³-hybridized carbons (Fsp3) is 0.409. The van der Waals surface area contributed by atoms with Crippen LogP contribution in [0.1, 0.15) is 41.6 Å². The molecule has 160 valence electrons. The number of anilines is 1. The molecule has 6 nitrogen and oxygen atoms in total. The van der Waals surface area contributed by atoms with E-state index in [2.05, 4.69) is 26.1 Å². The van der Waals surface area contributed by atoms with E-state index in [4.69, 9.17) is 0 Å². The molecule has 30 heavy (non-hydrogen) atoms. The molecule has 0 aromatic heterocycles. The van der Waals surface area contributed by atoms with E-state index in [-0.39, 0.29) is 10.8 Å². The van der Waals surface area contributed by atoms with Crippen LogP contribution in [0.2, 0.25) is 0 Å². The lowest BCUT2D eigenvalue weighted by atomic mass is 10.1. The van der Waals surface area contributed by atoms with E-state index in [1.807, 2.05) is 24.3 Å². The summed E-state index contributed by atoms with van der Waals surface area (Å²) < 4.78 is 29.2. The number of hydrogen-bond acceptors (Lipinski definition) is 4. The van der Waals surface area contributed by atoms with E-state index >= 15 is 0 Å². The van der Waals surface area contributed by atoms with Crippen molar-refractivity contribution >= 4 is 37.5 Å². The summed E-state index contributed by atoms with van der Waals surface area (Å²) in [6.45, 7) is 3.15. The van der Waals surface area contributed by atoms with Crippen LogP contribution in [0.5, 0.6) is 0 Å². The number of rotatable bonds is 6. The normalized spacial score (nSPS) is 17.4. The second kappa shape index (κ2) is 9.08. The maximum Gasteiger partial charge on any atom is 0.251 e. The smallest absolute Gasteiger partial charge is 0.251 e. The molecule has 2 aromatic carbocycles. The van der Waals surface area contributed by atoms with Crippen LogP contribution in [0.4, 0.5) is 5.69 Å². The molecule has 0 saturated carbocycles. The number of benzene rings is 2. The Balaban J connectivity index is 1.61. The number of amides is 1. The first-order valence-corrected chi connectivity index (χ1v) is 12.6. The molecular weight excluding hydrogens is 466 g/mol. The molecule has 0 spiro atoms. The zero-order valence-electron chi connectivity index (χ0n) is 16.8.